The molecule has 4 heterocycles. The van der Waals surface area contributed by atoms with Crippen LogP contribution < -0.4 is 4.74 Å². The first-order valence-corrected chi connectivity index (χ1v) is 12.9. The van der Waals surface area contributed by atoms with Crippen molar-refractivity contribution < 1.29 is 24.2 Å². The highest BCUT2D eigenvalue weighted by Gasteiger charge is 2.46. The van der Waals surface area contributed by atoms with Crippen LogP contribution in [-0.4, -0.2) is 82.0 Å². The smallest absolute Gasteiger partial charge is 0.295 e. The fraction of sp³-hybridized carbons (Fsp3) is 0.345. The second-order valence-corrected chi connectivity index (χ2v) is 9.44. The molecule has 1 aromatic carbocycles. The molecule has 2 aliphatic rings. The van der Waals surface area contributed by atoms with E-state index in [-0.39, 0.29) is 11.3 Å². The SMILES string of the molecule is C=CCOc1ccc(C2/C(=C(\O)c3c(C)nc4ccccn34)C(=O)C(=O)N2CCCN2CCOCC2)cc1. The number of likely N-dealkylation sites (tertiary alicyclic amines) is 1. The number of imidazole rings is 1. The van der Waals surface area contributed by atoms with Gasteiger partial charge in [-0.05, 0) is 43.2 Å². The molecule has 38 heavy (non-hydrogen) atoms. The number of aromatic nitrogens is 2. The lowest BCUT2D eigenvalue weighted by molar-refractivity contribution is -0.140. The number of aliphatic hydroxyl groups excluding tert-OH is 1. The number of ether oxygens (including phenoxy) is 2. The summed E-state index contributed by atoms with van der Waals surface area (Å²) in [5.74, 6) is -0.893. The van der Waals surface area contributed by atoms with Crippen LogP contribution in [0.15, 0.2) is 66.9 Å². The van der Waals surface area contributed by atoms with Crippen molar-refractivity contribution in [3.8, 4) is 5.75 Å². The van der Waals surface area contributed by atoms with E-state index >= 15 is 0 Å². The van der Waals surface area contributed by atoms with E-state index in [1.165, 1.54) is 0 Å². The minimum atomic E-state index is -0.734. The number of benzene rings is 1. The Bertz CT molecular complexity index is 1370. The van der Waals surface area contributed by atoms with E-state index in [9.17, 15) is 14.7 Å². The van der Waals surface area contributed by atoms with Gasteiger partial charge in [0.2, 0.25) is 0 Å². The number of pyridine rings is 1. The maximum absolute atomic E-state index is 13.5. The average molecular weight is 517 g/mol. The molecule has 0 aliphatic carbocycles. The van der Waals surface area contributed by atoms with Gasteiger partial charge >= 0.3 is 0 Å². The van der Waals surface area contributed by atoms with E-state index in [0.717, 1.165) is 25.2 Å². The van der Waals surface area contributed by atoms with Crippen molar-refractivity contribution in [1.82, 2.24) is 19.2 Å². The molecule has 0 spiro atoms. The van der Waals surface area contributed by atoms with Gasteiger partial charge in [0.05, 0.1) is 30.5 Å². The summed E-state index contributed by atoms with van der Waals surface area (Å²) in [5, 5.41) is 11.6. The van der Waals surface area contributed by atoms with Crippen molar-refractivity contribution in [2.24, 2.45) is 0 Å². The number of carbonyl (C=O) groups excluding carboxylic acids is 2. The second kappa shape index (κ2) is 11.2. The van der Waals surface area contributed by atoms with E-state index in [4.69, 9.17) is 9.47 Å². The maximum Gasteiger partial charge on any atom is 0.295 e. The molecule has 1 unspecified atom stereocenters. The molecule has 9 nitrogen and oxygen atoms in total. The summed E-state index contributed by atoms with van der Waals surface area (Å²) < 4.78 is 12.8. The van der Waals surface area contributed by atoms with Gasteiger partial charge in [-0.25, -0.2) is 4.98 Å². The van der Waals surface area contributed by atoms with Gasteiger partial charge in [0.25, 0.3) is 11.7 Å². The molecule has 0 radical (unpaired) electrons. The Hall–Kier alpha value is -3.95. The lowest BCUT2D eigenvalue weighted by Crippen LogP contribution is -2.38. The molecule has 3 aromatic rings. The molecule has 5 rings (SSSR count). The summed E-state index contributed by atoms with van der Waals surface area (Å²) in [6.45, 7) is 10.1. The number of carbonyl (C=O) groups is 2. The molecular weight excluding hydrogens is 484 g/mol. The summed E-state index contributed by atoms with van der Waals surface area (Å²) in [4.78, 5) is 35.2. The monoisotopic (exact) mass is 516 g/mol. The van der Waals surface area contributed by atoms with Gasteiger partial charge in [-0.15, -0.1) is 0 Å². The number of nitrogens with zero attached hydrogens (tertiary/aromatic N) is 4. The van der Waals surface area contributed by atoms with E-state index < -0.39 is 17.7 Å². The molecule has 1 atom stereocenters. The molecule has 2 aromatic heterocycles. The molecule has 1 amide bonds. The van der Waals surface area contributed by atoms with Crippen LogP contribution in [0.1, 0.15) is 29.4 Å². The molecule has 9 heteroatoms. The molecular formula is C29H32N4O5. The number of aryl methyl sites for hydroxylation is 1. The summed E-state index contributed by atoms with van der Waals surface area (Å²) in [5.41, 5.74) is 2.40. The van der Waals surface area contributed by atoms with Gasteiger partial charge in [-0.2, -0.15) is 0 Å². The predicted molar refractivity (Wildman–Crippen MR) is 143 cm³/mol. The summed E-state index contributed by atoms with van der Waals surface area (Å²) in [6, 6.07) is 12.0. The summed E-state index contributed by atoms with van der Waals surface area (Å²) in [6.07, 6.45) is 4.14. The number of rotatable bonds is 9. The van der Waals surface area contributed by atoms with E-state index in [1.807, 2.05) is 30.3 Å². The number of Topliss-reactive ketones (excluding diaryl/α,β-unsaturated/α-hetero) is 1. The van der Waals surface area contributed by atoms with Crippen molar-refractivity contribution >= 4 is 23.1 Å². The second-order valence-electron chi connectivity index (χ2n) is 9.44. The fourth-order valence-electron chi connectivity index (χ4n) is 5.17. The van der Waals surface area contributed by atoms with Crippen LogP contribution in [0.3, 0.4) is 0 Å². The molecule has 1 N–H and O–H groups in total. The minimum Gasteiger partial charge on any atom is -0.505 e. The highest BCUT2D eigenvalue weighted by atomic mass is 16.5. The van der Waals surface area contributed by atoms with E-state index in [2.05, 4.69) is 16.5 Å². The lowest BCUT2D eigenvalue weighted by Gasteiger charge is -2.29. The average Bonchev–Trinajstić information content (AvgIpc) is 3.41. The molecule has 0 saturated carbocycles. The summed E-state index contributed by atoms with van der Waals surface area (Å²) >= 11 is 0. The van der Waals surface area contributed by atoms with Crippen LogP contribution in [0, 0.1) is 6.92 Å². The van der Waals surface area contributed by atoms with Gasteiger partial charge in [0.15, 0.2) is 5.76 Å². The van der Waals surface area contributed by atoms with Gasteiger partial charge in [0.1, 0.15) is 23.7 Å². The van der Waals surface area contributed by atoms with E-state index in [0.29, 0.717) is 55.6 Å². The van der Waals surface area contributed by atoms with Crippen LogP contribution in [0.25, 0.3) is 11.4 Å². The molecule has 2 saturated heterocycles. The van der Waals surface area contributed by atoms with Crippen LogP contribution in [0.4, 0.5) is 0 Å². The summed E-state index contributed by atoms with van der Waals surface area (Å²) in [7, 11) is 0. The van der Waals surface area contributed by atoms with Gasteiger partial charge in [0, 0.05) is 32.4 Å². The number of hydrogen-bond donors (Lipinski definition) is 1. The first kappa shape index (κ1) is 25.7. The van der Waals surface area contributed by atoms with Crippen molar-refractivity contribution in [3.05, 3.63) is 83.8 Å². The van der Waals surface area contributed by atoms with Gasteiger partial charge < -0.3 is 19.5 Å². The zero-order valence-electron chi connectivity index (χ0n) is 21.5. The molecule has 0 bridgehead atoms. The number of fused-ring (bicyclic) bond motifs is 1. The Balaban J connectivity index is 1.53. The third kappa shape index (κ3) is 4.94. The fourth-order valence-corrected chi connectivity index (χ4v) is 5.17. The number of morpholine rings is 1. The number of aliphatic hydroxyl groups is 1. The van der Waals surface area contributed by atoms with E-state index in [1.54, 1.807) is 40.6 Å². The standard InChI is InChI=1S/C29H32N4O5/c1-3-17-38-22-10-8-21(9-11-22)26-24(27(34)25-20(2)30-23-7-4-5-13-32(23)25)28(35)29(36)33(26)14-6-12-31-15-18-37-19-16-31/h3-5,7-11,13,26,34H,1,6,12,14-19H2,2H3/b27-24+. The maximum atomic E-state index is 13.5. The first-order valence-electron chi connectivity index (χ1n) is 12.9. The Morgan fingerprint density at radius 2 is 1.92 bits per heavy atom. The lowest BCUT2D eigenvalue weighted by atomic mass is 9.96. The van der Waals surface area contributed by atoms with Crippen LogP contribution in [-0.2, 0) is 14.3 Å². The zero-order valence-corrected chi connectivity index (χ0v) is 21.5. The largest absolute Gasteiger partial charge is 0.505 e. The van der Waals surface area contributed by atoms with Crippen molar-refractivity contribution in [3.63, 3.8) is 0 Å². The van der Waals surface area contributed by atoms with Gasteiger partial charge in [-0.1, -0.05) is 30.9 Å². The van der Waals surface area contributed by atoms with Crippen molar-refractivity contribution in [2.45, 2.75) is 19.4 Å². The Kier molecular flexibility index (Phi) is 7.57. The Morgan fingerprint density at radius 3 is 2.66 bits per heavy atom. The first-order chi connectivity index (χ1) is 18.5. The van der Waals surface area contributed by atoms with Crippen molar-refractivity contribution in [2.75, 3.05) is 46.0 Å². The minimum absolute atomic E-state index is 0.0647. The van der Waals surface area contributed by atoms with Crippen LogP contribution in [0.2, 0.25) is 0 Å². The third-order valence-corrected chi connectivity index (χ3v) is 7.01. The number of hydrogen-bond acceptors (Lipinski definition) is 7. The predicted octanol–water partition coefficient (Wildman–Crippen LogP) is 3.35. The van der Waals surface area contributed by atoms with Gasteiger partial charge in [-0.3, -0.25) is 18.9 Å². The molecule has 198 valence electrons. The third-order valence-electron chi connectivity index (χ3n) is 7.01. The Morgan fingerprint density at radius 1 is 1.16 bits per heavy atom. The van der Waals surface area contributed by atoms with Crippen molar-refractivity contribution in [1.29, 1.82) is 0 Å². The van der Waals surface area contributed by atoms with Crippen LogP contribution >= 0.6 is 0 Å². The quantitative estimate of drug-likeness (QED) is 0.202. The highest BCUT2D eigenvalue weighted by molar-refractivity contribution is 6.46. The number of amides is 1. The highest BCUT2D eigenvalue weighted by Crippen LogP contribution is 2.40. The molecule has 2 fully saturated rings. The molecule has 2 aliphatic heterocycles. The Labute approximate surface area is 221 Å². The zero-order chi connectivity index (χ0) is 26.6. The number of ketones is 1. The normalized spacial score (nSPS) is 19.8. The topological polar surface area (TPSA) is 96.6 Å². The van der Waals surface area contributed by atoms with Crippen LogP contribution in [0.5, 0.6) is 5.75 Å².